The lowest BCUT2D eigenvalue weighted by molar-refractivity contribution is -0.132. The zero-order chi connectivity index (χ0) is 22.5. The number of hydrogen-bond acceptors (Lipinski definition) is 7. The number of hydrogen-bond donors (Lipinski definition) is 1. The van der Waals surface area contributed by atoms with Crippen molar-refractivity contribution >= 4 is 17.4 Å². The van der Waals surface area contributed by atoms with Crippen molar-refractivity contribution in [3.8, 4) is 0 Å². The van der Waals surface area contributed by atoms with Crippen LogP contribution in [0.2, 0.25) is 0 Å². The molecule has 32 heavy (non-hydrogen) atoms. The molecule has 1 aliphatic heterocycles. The van der Waals surface area contributed by atoms with E-state index in [1.807, 2.05) is 62.2 Å². The van der Waals surface area contributed by atoms with E-state index in [0.29, 0.717) is 31.2 Å². The Labute approximate surface area is 188 Å². The third-order valence-corrected chi connectivity index (χ3v) is 5.67. The molecule has 1 atom stereocenters. The average molecular weight is 435 g/mol. The maximum Gasteiger partial charge on any atom is 0.223 e. The van der Waals surface area contributed by atoms with E-state index in [1.165, 1.54) is 0 Å². The van der Waals surface area contributed by atoms with Gasteiger partial charge in [0.05, 0.1) is 11.9 Å². The number of carbonyl (C=O) groups excluding carboxylic acids is 1. The predicted molar refractivity (Wildman–Crippen MR) is 122 cm³/mol. The molecule has 0 aliphatic carbocycles. The van der Waals surface area contributed by atoms with Gasteiger partial charge in [0.1, 0.15) is 5.82 Å². The number of aromatic nitrogens is 4. The Balaban J connectivity index is 1.32. The number of piperidine rings is 1. The largest absolute Gasteiger partial charge is 0.425 e. The van der Waals surface area contributed by atoms with Gasteiger partial charge in [0.25, 0.3) is 0 Å². The van der Waals surface area contributed by atoms with E-state index in [1.54, 1.807) is 0 Å². The average Bonchev–Trinajstić information content (AvgIpc) is 3.28. The maximum atomic E-state index is 12.8. The first kappa shape index (κ1) is 21.9. The molecule has 1 N–H and O–H groups in total. The lowest BCUT2D eigenvalue weighted by atomic mass is 9.94. The summed E-state index contributed by atoms with van der Waals surface area (Å²) < 4.78 is 5.62. The molecule has 8 nitrogen and oxygen atoms in total. The van der Waals surface area contributed by atoms with Crippen LogP contribution in [0.1, 0.15) is 68.1 Å². The highest BCUT2D eigenvalue weighted by molar-refractivity contribution is 5.76. The number of nitrogens with one attached hydrogen (secondary N) is 1. The molecule has 1 amide bonds. The Morgan fingerprint density at radius 2 is 2.12 bits per heavy atom. The van der Waals surface area contributed by atoms with Gasteiger partial charge in [-0.1, -0.05) is 19.9 Å². The smallest absolute Gasteiger partial charge is 0.223 e. The molecule has 1 aliphatic rings. The van der Waals surface area contributed by atoms with E-state index in [2.05, 4.69) is 25.5 Å². The van der Waals surface area contributed by atoms with Gasteiger partial charge in [0.15, 0.2) is 0 Å². The fraction of sp³-hybridized carbons (Fsp3) is 0.458. The molecule has 1 saturated heterocycles. The van der Waals surface area contributed by atoms with Gasteiger partial charge in [-0.15, -0.1) is 10.2 Å². The summed E-state index contributed by atoms with van der Waals surface area (Å²) in [6.45, 7) is 7.46. The second-order valence-electron chi connectivity index (χ2n) is 8.63. The molecule has 1 fully saturated rings. The highest BCUT2D eigenvalue weighted by atomic mass is 16.4. The molecular weight excluding hydrogens is 404 g/mol. The number of likely N-dealkylation sites (tertiary alicyclic amines) is 1. The van der Waals surface area contributed by atoms with Gasteiger partial charge >= 0.3 is 0 Å². The zero-order valence-corrected chi connectivity index (χ0v) is 18.9. The summed E-state index contributed by atoms with van der Waals surface area (Å²) in [5, 5.41) is 11.4. The van der Waals surface area contributed by atoms with Gasteiger partial charge < -0.3 is 14.6 Å². The molecule has 0 saturated carbocycles. The van der Waals surface area contributed by atoms with Crippen LogP contribution in [0.3, 0.4) is 0 Å². The van der Waals surface area contributed by atoms with Crippen LogP contribution in [0.5, 0.6) is 0 Å². The fourth-order valence-corrected chi connectivity index (χ4v) is 3.90. The Morgan fingerprint density at radius 1 is 1.25 bits per heavy atom. The summed E-state index contributed by atoms with van der Waals surface area (Å²) in [6, 6.07) is 9.94. The van der Waals surface area contributed by atoms with Crippen molar-refractivity contribution < 1.29 is 9.21 Å². The van der Waals surface area contributed by atoms with Crippen LogP contribution in [-0.4, -0.2) is 44.1 Å². The maximum absolute atomic E-state index is 12.8. The van der Waals surface area contributed by atoms with E-state index in [4.69, 9.17) is 4.42 Å². The van der Waals surface area contributed by atoms with Crippen LogP contribution in [-0.2, 0) is 11.2 Å². The summed E-state index contributed by atoms with van der Waals surface area (Å²) in [5.74, 6) is 2.52. The van der Waals surface area contributed by atoms with Crippen LogP contribution < -0.4 is 5.32 Å². The first-order valence-corrected chi connectivity index (χ1v) is 11.2. The lowest BCUT2D eigenvalue weighted by Crippen LogP contribution is -2.39. The van der Waals surface area contributed by atoms with Crippen molar-refractivity contribution in [1.82, 2.24) is 25.1 Å². The summed E-state index contributed by atoms with van der Waals surface area (Å²) in [7, 11) is 0. The molecule has 3 aromatic heterocycles. The summed E-state index contributed by atoms with van der Waals surface area (Å²) in [5.41, 5.74) is 2.88. The van der Waals surface area contributed by atoms with Gasteiger partial charge in [-0.3, -0.25) is 9.78 Å². The minimum atomic E-state index is 0.128. The number of carbonyl (C=O) groups is 1. The second-order valence-corrected chi connectivity index (χ2v) is 8.63. The predicted octanol–water partition coefficient (Wildman–Crippen LogP) is 4.37. The van der Waals surface area contributed by atoms with Crippen molar-refractivity contribution in [1.29, 1.82) is 0 Å². The van der Waals surface area contributed by atoms with Gasteiger partial charge in [-0.2, -0.15) is 0 Å². The summed E-state index contributed by atoms with van der Waals surface area (Å²) in [6.07, 6.45) is 4.70. The van der Waals surface area contributed by atoms with E-state index in [9.17, 15) is 4.79 Å². The third kappa shape index (κ3) is 5.49. The Morgan fingerprint density at radius 3 is 2.84 bits per heavy atom. The van der Waals surface area contributed by atoms with Crippen molar-refractivity contribution in [2.75, 3.05) is 18.4 Å². The number of aryl methyl sites for hydroxylation is 2. The van der Waals surface area contributed by atoms with E-state index in [0.717, 1.165) is 42.3 Å². The number of rotatable bonds is 7. The Bertz CT molecular complexity index is 1050. The van der Waals surface area contributed by atoms with Crippen molar-refractivity contribution in [2.24, 2.45) is 0 Å². The Hall–Kier alpha value is -3.29. The van der Waals surface area contributed by atoms with E-state index < -0.39 is 0 Å². The number of pyridine rings is 2. The normalized spacial score (nSPS) is 16.4. The molecule has 4 rings (SSSR count). The molecule has 4 heterocycles. The molecule has 0 aromatic carbocycles. The first-order chi connectivity index (χ1) is 15.5. The quantitative estimate of drug-likeness (QED) is 0.589. The van der Waals surface area contributed by atoms with Gasteiger partial charge in [-0.05, 0) is 44.0 Å². The summed E-state index contributed by atoms with van der Waals surface area (Å²) >= 11 is 0. The number of anilines is 2. The molecule has 0 spiro atoms. The topological polar surface area (TPSA) is 97.0 Å². The molecule has 8 heteroatoms. The van der Waals surface area contributed by atoms with Crippen LogP contribution in [0.25, 0.3) is 0 Å². The van der Waals surface area contributed by atoms with Crippen molar-refractivity contribution in [3.05, 3.63) is 59.7 Å². The molecule has 0 bridgehead atoms. The van der Waals surface area contributed by atoms with Crippen molar-refractivity contribution in [2.45, 2.75) is 58.3 Å². The van der Waals surface area contributed by atoms with Gasteiger partial charge in [0.2, 0.25) is 17.7 Å². The molecule has 168 valence electrons. The highest BCUT2D eigenvalue weighted by Gasteiger charge is 2.25. The molecular formula is C24H30N6O2. The van der Waals surface area contributed by atoms with Crippen LogP contribution in [0.4, 0.5) is 11.5 Å². The van der Waals surface area contributed by atoms with Crippen LogP contribution >= 0.6 is 0 Å². The van der Waals surface area contributed by atoms with Crippen LogP contribution in [0.15, 0.2) is 40.9 Å². The minimum Gasteiger partial charge on any atom is -0.425 e. The van der Waals surface area contributed by atoms with Gasteiger partial charge in [-0.25, -0.2) is 4.98 Å². The van der Waals surface area contributed by atoms with Gasteiger partial charge in [0, 0.05) is 49.2 Å². The monoisotopic (exact) mass is 434 g/mol. The number of amides is 1. The SMILES string of the molecule is Cc1cccc(Nc2ccc([C@H]3CCCN(C(=O)CCc4nnc(C(C)C)o4)C3)nc2)n1. The molecule has 3 aromatic rings. The minimum absolute atomic E-state index is 0.128. The second kappa shape index (κ2) is 9.89. The third-order valence-electron chi connectivity index (χ3n) is 5.67. The van der Waals surface area contributed by atoms with Crippen molar-refractivity contribution in [3.63, 3.8) is 0 Å². The number of nitrogens with zero attached hydrogens (tertiary/aromatic N) is 5. The highest BCUT2D eigenvalue weighted by Crippen LogP contribution is 2.27. The fourth-order valence-electron chi connectivity index (χ4n) is 3.90. The van der Waals surface area contributed by atoms with E-state index in [-0.39, 0.29) is 17.7 Å². The molecule has 0 unspecified atom stereocenters. The first-order valence-electron chi connectivity index (χ1n) is 11.2. The zero-order valence-electron chi connectivity index (χ0n) is 18.9. The van der Waals surface area contributed by atoms with E-state index >= 15 is 0 Å². The van der Waals surface area contributed by atoms with Crippen LogP contribution in [0, 0.1) is 6.92 Å². The summed E-state index contributed by atoms with van der Waals surface area (Å²) in [4.78, 5) is 23.8. The Kier molecular flexibility index (Phi) is 6.78. The molecule has 0 radical (unpaired) electrons. The standard InChI is InChI=1S/C24H30N6O2/c1-16(2)24-29-28-22(32-24)11-12-23(31)30-13-5-7-18(15-30)20-10-9-19(14-25-20)27-21-8-4-6-17(3)26-21/h4,6,8-10,14,16,18H,5,7,11-13,15H2,1-3H3,(H,26,27)/t18-/m0/s1. The lowest BCUT2D eigenvalue weighted by Gasteiger charge is -2.32.